The second kappa shape index (κ2) is 5.03. The predicted molar refractivity (Wildman–Crippen MR) is 56.8 cm³/mol. The van der Waals surface area contributed by atoms with Crippen LogP contribution in [0.25, 0.3) is 0 Å². The van der Waals surface area contributed by atoms with Crippen molar-refractivity contribution in [3.8, 4) is 11.8 Å². The van der Waals surface area contributed by atoms with E-state index in [9.17, 15) is 4.79 Å². The van der Waals surface area contributed by atoms with Gasteiger partial charge < -0.3 is 15.2 Å². The number of hydrogen-bond acceptors (Lipinski definition) is 4. The minimum atomic E-state index is -0.864. The molecule has 1 rings (SSSR count). The Kier molecular flexibility index (Phi) is 3.72. The van der Waals surface area contributed by atoms with Crippen LogP contribution in [0.1, 0.15) is 24.2 Å². The van der Waals surface area contributed by atoms with Crippen LogP contribution in [0.15, 0.2) is 18.2 Å². The Morgan fingerprint density at radius 1 is 1.56 bits per heavy atom. The van der Waals surface area contributed by atoms with Crippen molar-refractivity contribution in [2.24, 2.45) is 5.73 Å². The monoisotopic (exact) mass is 220 g/mol. The summed E-state index contributed by atoms with van der Waals surface area (Å²) in [6.45, 7) is 1.66. The first-order valence-corrected chi connectivity index (χ1v) is 4.63. The topological polar surface area (TPSA) is 85.3 Å². The second-order valence-corrected chi connectivity index (χ2v) is 3.12. The molecule has 0 bridgehead atoms. The minimum absolute atomic E-state index is 0.389. The Morgan fingerprint density at radius 2 is 2.25 bits per heavy atom. The Bertz CT molecular complexity index is 437. The summed E-state index contributed by atoms with van der Waals surface area (Å²) in [6.07, 6.45) is -1.42. The van der Waals surface area contributed by atoms with E-state index >= 15 is 0 Å². The highest BCUT2D eigenvalue weighted by Gasteiger charge is 2.16. The molecule has 2 N–H and O–H groups in total. The van der Waals surface area contributed by atoms with Crippen molar-refractivity contribution < 1.29 is 14.3 Å². The number of primary amides is 1. The van der Waals surface area contributed by atoms with Crippen molar-refractivity contribution in [3.05, 3.63) is 29.3 Å². The van der Waals surface area contributed by atoms with Gasteiger partial charge in [0, 0.05) is 5.56 Å². The number of hydrogen-bond donors (Lipinski definition) is 1. The molecule has 0 aromatic heterocycles. The third kappa shape index (κ3) is 2.42. The van der Waals surface area contributed by atoms with Crippen LogP contribution in [-0.2, 0) is 4.74 Å². The molecule has 0 spiro atoms. The van der Waals surface area contributed by atoms with E-state index in [4.69, 9.17) is 20.5 Å². The van der Waals surface area contributed by atoms with Crippen LogP contribution in [0.3, 0.4) is 0 Å². The van der Waals surface area contributed by atoms with Crippen molar-refractivity contribution in [1.82, 2.24) is 0 Å². The van der Waals surface area contributed by atoms with Crippen molar-refractivity contribution in [2.75, 3.05) is 7.11 Å². The third-order valence-corrected chi connectivity index (χ3v) is 2.10. The van der Waals surface area contributed by atoms with E-state index in [-0.39, 0.29) is 0 Å². The lowest BCUT2D eigenvalue weighted by molar-refractivity contribution is 0.115. The molecule has 1 amide bonds. The van der Waals surface area contributed by atoms with Gasteiger partial charge in [0.25, 0.3) is 0 Å². The molecule has 0 heterocycles. The lowest BCUT2D eigenvalue weighted by Gasteiger charge is -2.15. The molecule has 5 nitrogen and oxygen atoms in total. The van der Waals surface area contributed by atoms with Gasteiger partial charge in [-0.25, -0.2) is 4.79 Å². The normalized spacial score (nSPS) is 11.3. The maximum Gasteiger partial charge on any atom is 0.405 e. The number of nitriles is 1. The Balaban J connectivity index is 3.13. The number of methoxy groups -OCH3 is 1. The van der Waals surface area contributed by atoms with E-state index in [1.165, 1.54) is 7.11 Å². The number of amides is 1. The number of carbonyl (C=O) groups excluding carboxylic acids is 1. The van der Waals surface area contributed by atoms with Gasteiger partial charge in [-0.2, -0.15) is 5.26 Å². The molecule has 0 fully saturated rings. The molecule has 84 valence electrons. The molecular formula is C11H12N2O3. The average molecular weight is 220 g/mol. The molecule has 1 unspecified atom stereocenters. The zero-order chi connectivity index (χ0) is 12.1. The second-order valence-electron chi connectivity index (χ2n) is 3.12. The zero-order valence-electron chi connectivity index (χ0n) is 9.06. The molecule has 0 saturated heterocycles. The first kappa shape index (κ1) is 11.9. The summed E-state index contributed by atoms with van der Waals surface area (Å²) in [4.78, 5) is 10.6. The van der Waals surface area contributed by atoms with Crippen molar-refractivity contribution in [2.45, 2.75) is 13.0 Å². The molecule has 1 aromatic rings. The number of nitrogens with two attached hydrogens (primary N) is 1. The molecule has 0 saturated carbocycles. The highest BCUT2D eigenvalue weighted by atomic mass is 16.6. The Hall–Kier alpha value is -2.22. The number of benzene rings is 1. The Morgan fingerprint density at radius 3 is 2.75 bits per heavy atom. The number of para-hydroxylation sites is 1. The number of nitrogens with zero attached hydrogens (tertiary/aromatic N) is 1. The minimum Gasteiger partial charge on any atom is -0.495 e. The van der Waals surface area contributed by atoms with E-state index < -0.39 is 12.2 Å². The summed E-state index contributed by atoms with van der Waals surface area (Å²) in [5, 5.41) is 8.88. The van der Waals surface area contributed by atoms with Crippen LogP contribution in [0.5, 0.6) is 5.75 Å². The zero-order valence-corrected chi connectivity index (χ0v) is 9.06. The summed E-state index contributed by atoms with van der Waals surface area (Å²) in [5.41, 5.74) is 5.93. The SMILES string of the molecule is COc1c(C#N)cccc1C(C)OC(N)=O. The lowest BCUT2D eigenvalue weighted by Crippen LogP contribution is -2.16. The fourth-order valence-electron chi connectivity index (χ4n) is 1.43. The molecule has 0 aliphatic heterocycles. The first-order chi connectivity index (χ1) is 7.60. The van der Waals surface area contributed by atoms with Crippen LogP contribution in [0.4, 0.5) is 4.79 Å². The van der Waals surface area contributed by atoms with Gasteiger partial charge in [-0.1, -0.05) is 12.1 Å². The summed E-state index contributed by atoms with van der Waals surface area (Å²) < 4.78 is 9.94. The van der Waals surface area contributed by atoms with Crippen LogP contribution in [0.2, 0.25) is 0 Å². The predicted octanol–water partition coefficient (Wildman–Crippen LogP) is 1.72. The molecule has 1 aromatic carbocycles. The number of rotatable bonds is 3. The molecular weight excluding hydrogens is 208 g/mol. The molecule has 0 radical (unpaired) electrons. The quantitative estimate of drug-likeness (QED) is 0.840. The molecule has 0 aliphatic carbocycles. The molecule has 5 heteroatoms. The van der Waals surface area contributed by atoms with Crippen molar-refractivity contribution in [3.63, 3.8) is 0 Å². The van der Waals surface area contributed by atoms with Crippen LogP contribution < -0.4 is 10.5 Å². The maximum absolute atomic E-state index is 10.6. The lowest BCUT2D eigenvalue weighted by atomic mass is 10.1. The van der Waals surface area contributed by atoms with Crippen LogP contribution in [0, 0.1) is 11.3 Å². The maximum atomic E-state index is 10.6. The van der Waals surface area contributed by atoms with Crippen LogP contribution in [-0.4, -0.2) is 13.2 Å². The smallest absolute Gasteiger partial charge is 0.405 e. The van der Waals surface area contributed by atoms with Gasteiger partial charge in [0.15, 0.2) is 0 Å². The Labute approximate surface area is 93.4 Å². The average Bonchev–Trinajstić information content (AvgIpc) is 2.26. The molecule has 0 aliphatic rings. The number of ether oxygens (including phenoxy) is 2. The summed E-state index contributed by atoms with van der Waals surface area (Å²) in [5.74, 6) is 0.402. The largest absolute Gasteiger partial charge is 0.495 e. The van der Waals surface area contributed by atoms with Gasteiger partial charge >= 0.3 is 6.09 Å². The molecule has 16 heavy (non-hydrogen) atoms. The van der Waals surface area contributed by atoms with Crippen molar-refractivity contribution >= 4 is 6.09 Å². The van der Waals surface area contributed by atoms with Gasteiger partial charge in [0.1, 0.15) is 17.9 Å². The first-order valence-electron chi connectivity index (χ1n) is 4.63. The van der Waals surface area contributed by atoms with Crippen molar-refractivity contribution in [1.29, 1.82) is 5.26 Å². The van der Waals surface area contributed by atoms with E-state index in [1.807, 2.05) is 6.07 Å². The van der Waals surface area contributed by atoms with Gasteiger partial charge in [-0.3, -0.25) is 0 Å². The van der Waals surface area contributed by atoms with E-state index in [0.717, 1.165) is 0 Å². The fraction of sp³-hybridized carbons (Fsp3) is 0.273. The van der Waals surface area contributed by atoms with Gasteiger partial charge in [0.2, 0.25) is 0 Å². The van der Waals surface area contributed by atoms with Gasteiger partial charge in [0.05, 0.1) is 12.7 Å². The van der Waals surface area contributed by atoms with Gasteiger partial charge in [-0.05, 0) is 13.0 Å². The number of carbonyl (C=O) groups is 1. The summed E-state index contributed by atoms with van der Waals surface area (Å²) in [6, 6.07) is 7.03. The highest BCUT2D eigenvalue weighted by Crippen LogP contribution is 2.30. The van der Waals surface area contributed by atoms with E-state index in [1.54, 1.807) is 25.1 Å². The molecule has 1 atom stereocenters. The summed E-state index contributed by atoms with van der Waals surface area (Å²) >= 11 is 0. The van der Waals surface area contributed by atoms with E-state index in [2.05, 4.69) is 0 Å². The highest BCUT2D eigenvalue weighted by molar-refractivity contribution is 5.65. The van der Waals surface area contributed by atoms with Crippen LogP contribution >= 0.6 is 0 Å². The standard InChI is InChI=1S/C11H12N2O3/c1-7(16-11(13)14)9-5-3-4-8(6-12)10(9)15-2/h3-5,7H,1-2H3,(H2,13,14). The summed E-state index contributed by atoms with van der Waals surface area (Å²) in [7, 11) is 1.46. The third-order valence-electron chi connectivity index (χ3n) is 2.10. The fourth-order valence-corrected chi connectivity index (χ4v) is 1.43. The van der Waals surface area contributed by atoms with E-state index in [0.29, 0.717) is 16.9 Å². The van der Waals surface area contributed by atoms with Gasteiger partial charge in [-0.15, -0.1) is 0 Å².